The molecular weight excluding hydrogens is 630 g/mol. The highest BCUT2D eigenvalue weighted by atomic mass is 35.5. The van der Waals surface area contributed by atoms with Gasteiger partial charge in [-0.15, -0.1) is 0 Å². The lowest BCUT2D eigenvalue weighted by Gasteiger charge is -2.35. The third kappa shape index (κ3) is 8.82. The summed E-state index contributed by atoms with van der Waals surface area (Å²) >= 11 is 6.26. The molecule has 1 aliphatic carbocycles. The Kier molecular flexibility index (Phi) is 11.4. The molecule has 246 valence electrons. The van der Waals surface area contributed by atoms with Crippen LogP contribution in [0.4, 0.5) is 5.69 Å². The lowest BCUT2D eigenvalue weighted by molar-refractivity contribution is -0.140. The van der Waals surface area contributed by atoms with Gasteiger partial charge in [-0.3, -0.25) is 13.9 Å². The summed E-state index contributed by atoms with van der Waals surface area (Å²) < 4.78 is 29.6. The summed E-state index contributed by atoms with van der Waals surface area (Å²) in [7, 11) is -4.18. The molecule has 0 spiro atoms. The SMILES string of the molecule is Cc1cccc(CN(C(=O)CN(c2ccc(Cl)cc2C)S(=O)(=O)c2ccccc2)C(Cc2ccccc2)C(=O)NC2CCCCC2)c1. The molecule has 1 fully saturated rings. The minimum absolute atomic E-state index is 0.0390. The van der Waals surface area contributed by atoms with Crippen LogP contribution in [-0.4, -0.2) is 43.8 Å². The average Bonchev–Trinajstić information content (AvgIpc) is 3.07. The number of carbonyl (C=O) groups is 2. The van der Waals surface area contributed by atoms with Crippen molar-refractivity contribution in [3.05, 3.63) is 130 Å². The second kappa shape index (κ2) is 15.6. The van der Waals surface area contributed by atoms with Crippen molar-refractivity contribution in [2.24, 2.45) is 0 Å². The molecule has 5 rings (SSSR count). The summed E-state index contributed by atoms with van der Waals surface area (Å²) in [6.45, 7) is 3.37. The fourth-order valence-electron chi connectivity index (χ4n) is 6.24. The molecule has 0 aromatic heterocycles. The van der Waals surface area contributed by atoms with Crippen molar-refractivity contribution in [2.45, 2.75) is 75.9 Å². The van der Waals surface area contributed by atoms with Gasteiger partial charge in [0.25, 0.3) is 10.0 Å². The van der Waals surface area contributed by atoms with E-state index in [-0.39, 0.29) is 29.8 Å². The van der Waals surface area contributed by atoms with Gasteiger partial charge in [-0.25, -0.2) is 8.42 Å². The zero-order valence-electron chi connectivity index (χ0n) is 26.9. The second-order valence-corrected chi connectivity index (χ2v) is 14.6. The number of anilines is 1. The van der Waals surface area contributed by atoms with E-state index < -0.39 is 28.5 Å². The van der Waals surface area contributed by atoms with Crippen molar-refractivity contribution < 1.29 is 18.0 Å². The Morgan fingerprint density at radius 1 is 0.830 bits per heavy atom. The molecule has 0 radical (unpaired) electrons. The number of hydrogen-bond donors (Lipinski definition) is 1. The summed E-state index contributed by atoms with van der Waals surface area (Å²) in [6.07, 6.45) is 5.32. The van der Waals surface area contributed by atoms with E-state index in [1.54, 1.807) is 48.2 Å². The van der Waals surface area contributed by atoms with E-state index in [1.807, 2.05) is 61.5 Å². The fraction of sp³-hybridized carbons (Fsp3) is 0.316. The third-order valence-corrected chi connectivity index (χ3v) is 10.7. The average molecular weight is 672 g/mol. The zero-order chi connectivity index (χ0) is 33.4. The molecule has 1 aliphatic rings. The van der Waals surface area contributed by atoms with Gasteiger partial charge in [-0.05, 0) is 73.7 Å². The lowest BCUT2D eigenvalue weighted by atomic mass is 9.94. The predicted molar refractivity (Wildman–Crippen MR) is 188 cm³/mol. The highest BCUT2D eigenvalue weighted by molar-refractivity contribution is 7.92. The van der Waals surface area contributed by atoms with E-state index in [1.165, 1.54) is 12.1 Å². The molecule has 1 N–H and O–H groups in total. The Balaban J connectivity index is 1.58. The van der Waals surface area contributed by atoms with Gasteiger partial charge in [0, 0.05) is 24.0 Å². The molecule has 7 nitrogen and oxygen atoms in total. The Bertz CT molecular complexity index is 1780. The quantitative estimate of drug-likeness (QED) is 0.172. The van der Waals surface area contributed by atoms with Crippen molar-refractivity contribution in [1.82, 2.24) is 10.2 Å². The van der Waals surface area contributed by atoms with Crippen LogP contribution in [0.25, 0.3) is 0 Å². The molecule has 0 saturated heterocycles. The van der Waals surface area contributed by atoms with Crippen LogP contribution < -0.4 is 9.62 Å². The van der Waals surface area contributed by atoms with Gasteiger partial charge in [0.1, 0.15) is 12.6 Å². The normalized spacial score (nSPS) is 14.3. The largest absolute Gasteiger partial charge is 0.352 e. The number of sulfonamides is 1. The van der Waals surface area contributed by atoms with Crippen molar-refractivity contribution in [2.75, 3.05) is 10.8 Å². The van der Waals surface area contributed by atoms with Crippen LogP contribution in [0.1, 0.15) is 54.4 Å². The van der Waals surface area contributed by atoms with Gasteiger partial charge < -0.3 is 10.2 Å². The van der Waals surface area contributed by atoms with Crippen molar-refractivity contribution in [1.29, 1.82) is 0 Å². The van der Waals surface area contributed by atoms with Gasteiger partial charge >= 0.3 is 0 Å². The van der Waals surface area contributed by atoms with E-state index in [0.29, 0.717) is 16.3 Å². The van der Waals surface area contributed by atoms with E-state index in [0.717, 1.165) is 53.1 Å². The standard InChI is InChI=1S/C38H42ClN3O4S/c1-28-13-12-16-31(23-28)26-41(36(25-30-14-6-3-7-15-30)38(44)40-33-17-8-4-9-18-33)37(43)27-42(35-22-21-32(39)24-29(35)2)47(45,46)34-19-10-5-11-20-34/h3,5-7,10-16,19-24,33,36H,4,8-9,17-18,25-27H2,1-2H3,(H,40,44). The Labute approximate surface area is 283 Å². The minimum atomic E-state index is -4.18. The van der Waals surface area contributed by atoms with Gasteiger partial charge in [-0.2, -0.15) is 0 Å². The maximum atomic E-state index is 14.7. The van der Waals surface area contributed by atoms with Crippen LogP contribution in [-0.2, 0) is 32.6 Å². The summed E-state index contributed by atoms with van der Waals surface area (Å²) in [6, 6.07) is 29.6. The van der Waals surface area contributed by atoms with Crippen LogP contribution >= 0.6 is 11.6 Å². The molecule has 0 aliphatic heterocycles. The Morgan fingerprint density at radius 3 is 2.15 bits per heavy atom. The van der Waals surface area contributed by atoms with Crippen molar-refractivity contribution in [3.63, 3.8) is 0 Å². The highest BCUT2D eigenvalue weighted by Gasteiger charge is 2.35. The summed E-state index contributed by atoms with van der Waals surface area (Å²) in [4.78, 5) is 30.6. The number of nitrogens with zero attached hydrogens (tertiary/aromatic N) is 2. The number of carbonyl (C=O) groups excluding carboxylic acids is 2. The smallest absolute Gasteiger partial charge is 0.264 e. The van der Waals surface area contributed by atoms with Crippen LogP contribution in [0.3, 0.4) is 0 Å². The number of hydrogen-bond acceptors (Lipinski definition) is 4. The molecular formula is C38H42ClN3O4S. The van der Waals surface area contributed by atoms with Gasteiger partial charge in [0.2, 0.25) is 11.8 Å². The van der Waals surface area contributed by atoms with Crippen molar-refractivity contribution in [3.8, 4) is 0 Å². The lowest BCUT2D eigenvalue weighted by Crippen LogP contribution is -2.55. The zero-order valence-corrected chi connectivity index (χ0v) is 28.5. The van der Waals surface area contributed by atoms with Gasteiger partial charge in [-0.1, -0.05) is 109 Å². The molecule has 4 aromatic rings. The van der Waals surface area contributed by atoms with Crippen molar-refractivity contribution >= 4 is 39.1 Å². The summed E-state index contributed by atoms with van der Waals surface area (Å²) in [5, 5.41) is 3.71. The molecule has 2 amide bonds. The minimum Gasteiger partial charge on any atom is -0.352 e. The maximum Gasteiger partial charge on any atom is 0.264 e. The van der Waals surface area contributed by atoms with E-state index in [2.05, 4.69) is 5.32 Å². The Hall–Kier alpha value is -4.14. The fourth-order valence-corrected chi connectivity index (χ4v) is 7.96. The topological polar surface area (TPSA) is 86.8 Å². The molecule has 0 bridgehead atoms. The molecule has 9 heteroatoms. The molecule has 0 heterocycles. The maximum absolute atomic E-state index is 14.7. The number of benzene rings is 4. The van der Waals surface area contributed by atoms with Gasteiger partial charge in [0.15, 0.2) is 0 Å². The number of halogens is 1. The first-order valence-corrected chi connectivity index (χ1v) is 18.0. The predicted octanol–water partition coefficient (Wildman–Crippen LogP) is 7.24. The molecule has 1 atom stereocenters. The molecule has 1 unspecified atom stereocenters. The number of rotatable bonds is 12. The highest BCUT2D eigenvalue weighted by Crippen LogP contribution is 2.30. The van der Waals surface area contributed by atoms with Crippen LogP contribution in [0, 0.1) is 13.8 Å². The van der Waals surface area contributed by atoms with E-state index >= 15 is 0 Å². The molecule has 4 aromatic carbocycles. The van der Waals surface area contributed by atoms with Gasteiger partial charge in [0.05, 0.1) is 10.6 Å². The van der Waals surface area contributed by atoms with Crippen LogP contribution in [0.2, 0.25) is 5.02 Å². The van der Waals surface area contributed by atoms with Crippen LogP contribution in [0.5, 0.6) is 0 Å². The molecule has 47 heavy (non-hydrogen) atoms. The Morgan fingerprint density at radius 2 is 1.49 bits per heavy atom. The monoisotopic (exact) mass is 671 g/mol. The van der Waals surface area contributed by atoms with E-state index in [9.17, 15) is 18.0 Å². The first-order chi connectivity index (χ1) is 22.6. The number of amides is 2. The van der Waals surface area contributed by atoms with Crippen LogP contribution in [0.15, 0.2) is 108 Å². The van der Waals surface area contributed by atoms with E-state index in [4.69, 9.17) is 11.6 Å². The number of aryl methyl sites for hydroxylation is 2. The summed E-state index contributed by atoms with van der Waals surface area (Å²) in [5.41, 5.74) is 3.72. The second-order valence-electron chi connectivity index (χ2n) is 12.3. The summed E-state index contributed by atoms with van der Waals surface area (Å²) in [5.74, 6) is -0.720. The first kappa shape index (κ1) is 34.2. The number of nitrogens with one attached hydrogen (secondary N) is 1. The first-order valence-electron chi connectivity index (χ1n) is 16.1. The molecule has 1 saturated carbocycles. The third-order valence-electron chi connectivity index (χ3n) is 8.70.